The number of halogens is 1. The van der Waals surface area contributed by atoms with Crippen molar-refractivity contribution >= 4 is 23.3 Å². The number of esters is 1. The summed E-state index contributed by atoms with van der Waals surface area (Å²) in [5, 5.41) is 8.83. The van der Waals surface area contributed by atoms with Crippen molar-refractivity contribution in [2.75, 3.05) is 43.1 Å². The van der Waals surface area contributed by atoms with Crippen molar-refractivity contribution in [3.05, 3.63) is 84.6 Å². The highest BCUT2D eigenvalue weighted by molar-refractivity contribution is 5.79. The van der Waals surface area contributed by atoms with E-state index in [0.29, 0.717) is 32.1 Å². The first-order valence-corrected chi connectivity index (χ1v) is 13.9. The van der Waals surface area contributed by atoms with Crippen molar-refractivity contribution in [2.24, 2.45) is 5.73 Å². The van der Waals surface area contributed by atoms with Gasteiger partial charge >= 0.3 is 5.97 Å². The average Bonchev–Trinajstić information content (AvgIpc) is 3.69. The van der Waals surface area contributed by atoms with Crippen LogP contribution in [0.5, 0.6) is 0 Å². The molecule has 13 heteroatoms. The van der Waals surface area contributed by atoms with Crippen LogP contribution in [0.2, 0.25) is 0 Å². The molecule has 1 aliphatic rings. The van der Waals surface area contributed by atoms with Crippen LogP contribution in [0.1, 0.15) is 31.9 Å². The lowest BCUT2D eigenvalue weighted by molar-refractivity contribution is -0.150. The molecule has 1 atom stereocenters. The Morgan fingerprint density at radius 3 is 2.23 bits per heavy atom. The lowest BCUT2D eigenvalue weighted by Gasteiger charge is -2.35. The molecule has 0 amide bonds. The third-order valence-electron chi connectivity index (χ3n) is 8.10. The highest BCUT2D eigenvalue weighted by Crippen LogP contribution is 2.30. The molecule has 0 spiro atoms. The number of carbonyl (C=O) groups is 1. The number of hydrogen-bond donors (Lipinski definition) is 1. The molecule has 1 saturated heterocycles. The van der Waals surface area contributed by atoms with Crippen molar-refractivity contribution < 1.29 is 13.9 Å². The number of ether oxygens (including phenoxy) is 1. The van der Waals surface area contributed by atoms with E-state index in [1.165, 1.54) is 19.2 Å². The van der Waals surface area contributed by atoms with Gasteiger partial charge in [-0.05, 0) is 44.5 Å². The molecule has 0 aliphatic carbocycles. The Morgan fingerprint density at radius 1 is 0.884 bits per heavy atom. The second-order valence-corrected chi connectivity index (χ2v) is 11.3. The minimum atomic E-state index is -0.937. The van der Waals surface area contributed by atoms with E-state index in [0.717, 1.165) is 33.6 Å². The Bertz CT molecular complexity index is 1750. The SMILES string of the molecule is COC(=O)C(C)(C)n1cc(-c2cc3c(N4CCN(c5ncc([C@@](C)(N)c6ccc(F)cc6)cn5)CC4)ncnn3c2)cn1. The third kappa shape index (κ3) is 5.16. The maximum atomic E-state index is 13.4. The van der Waals surface area contributed by atoms with Crippen LogP contribution in [0.15, 0.2) is 67.6 Å². The van der Waals surface area contributed by atoms with Gasteiger partial charge in [0.15, 0.2) is 11.4 Å². The molecule has 0 bridgehead atoms. The Kier molecular flexibility index (Phi) is 7.04. The van der Waals surface area contributed by atoms with Crippen molar-refractivity contribution in [1.29, 1.82) is 0 Å². The Balaban J connectivity index is 1.16. The Hall–Kier alpha value is -4.91. The van der Waals surface area contributed by atoms with Gasteiger partial charge in [-0.1, -0.05) is 12.1 Å². The largest absolute Gasteiger partial charge is 0.467 e. The third-order valence-corrected chi connectivity index (χ3v) is 8.10. The minimum Gasteiger partial charge on any atom is -0.467 e. The zero-order chi connectivity index (χ0) is 30.4. The molecule has 0 saturated carbocycles. The van der Waals surface area contributed by atoms with Crippen LogP contribution >= 0.6 is 0 Å². The molecule has 1 aromatic carbocycles. The number of rotatable bonds is 7. The van der Waals surface area contributed by atoms with Gasteiger partial charge in [0.2, 0.25) is 5.95 Å². The van der Waals surface area contributed by atoms with Gasteiger partial charge in [0.25, 0.3) is 0 Å². The predicted octanol–water partition coefficient (Wildman–Crippen LogP) is 2.98. The van der Waals surface area contributed by atoms with Crippen LogP contribution in [0.25, 0.3) is 16.6 Å². The summed E-state index contributed by atoms with van der Waals surface area (Å²) in [5.41, 5.74) is 8.95. The minimum absolute atomic E-state index is 0.306. The monoisotopic (exact) mass is 584 g/mol. The van der Waals surface area contributed by atoms with Gasteiger partial charge in [-0.2, -0.15) is 10.2 Å². The predicted molar refractivity (Wildman–Crippen MR) is 159 cm³/mol. The van der Waals surface area contributed by atoms with Crippen LogP contribution in [-0.4, -0.2) is 73.6 Å². The van der Waals surface area contributed by atoms with Crippen LogP contribution in [-0.2, 0) is 20.6 Å². The molecule has 2 N–H and O–H groups in total. The lowest BCUT2D eigenvalue weighted by Crippen LogP contribution is -2.47. The van der Waals surface area contributed by atoms with Gasteiger partial charge in [-0.15, -0.1) is 0 Å². The second-order valence-electron chi connectivity index (χ2n) is 11.3. The van der Waals surface area contributed by atoms with Crippen LogP contribution in [0, 0.1) is 5.82 Å². The number of nitrogens with zero attached hydrogens (tertiary/aromatic N) is 9. The molecule has 222 valence electrons. The fourth-order valence-corrected chi connectivity index (χ4v) is 5.27. The van der Waals surface area contributed by atoms with Gasteiger partial charge in [-0.25, -0.2) is 28.7 Å². The van der Waals surface area contributed by atoms with Crippen LogP contribution in [0.3, 0.4) is 0 Å². The lowest BCUT2D eigenvalue weighted by atomic mass is 9.87. The van der Waals surface area contributed by atoms with Gasteiger partial charge in [0, 0.05) is 67.7 Å². The van der Waals surface area contributed by atoms with Gasteiger partial charge in [0.1, 0.15) is 17.7 Å². The standard InChI is InChI=1S/C30H33FN10O2/c1-29(2,27(42)43-4)41-18-21(14-36-41)20-13-25-26(35-19-37-40(25)17-20)38-9-11-39(12-10-38)28-33-15-23(16-34-28)30(3,32)22-5-7-24(31)8-6-22/h5-8,13-19H,9-12,32H2,1-4H3/t30-/m0/s1. The first-order valence-electron chi connectivity index (χ1n) is 13.9. The summed E-state index contributed by atoms with van der Waals surface area (Å²) in [6, 6.07) is 8.19. The maximum Gasteiger partial charge on any atom is 0.333 e. The normalized spacial score (nSPS) is 15.5. The van der Waals surface area contributed by atoms with E-state index in [-0.39, 0.29) is 11.8 Å². The van der Waals surface area contributed by atoms with Gasteiger partial charge in [0.05, 0.1) is 18.8 Å². The number of methoxy groups -OCH3 is 1. The summed E-state index contributed by atoms with van der Waals surface area (Å²) in [6.07, 6.45) is 10.5. The van der Waals surface area contributed by atoms with Crippen LogP contribution < -0.4 is 15.5 Å². The molecular formula is C30H33FN10O2. The summed E-state index contributed by atoms with van der Waals surface area (Å²) in [6.45, 7) is 8.23. The molecular weight excluding hydrogens is 551 g/mol. The van der Waals surface area contributed by atoms with E-state index in [4.69, 9.17) is 10.5 Å². The van der Waals surface area contributed by atoms with Gasteiger partial charge < -0.3 is 20.3 Å². The number of aromatic nitrogens is 7. The highest BCUT2D eigenvalue weighted by atomic mass is 19.1. The molecule has 4 aromatic heterocycles. The van der Waals surface area contributed by atoms with Crippen molar-refractivity contribution in [2.45, 2.75) is 31.8 Å². The van der Waals surface area contributed by atoms with E-state index in [1.807, 2.05) is 25.4 Å². The molecule has 1 aliphatic heterocycles. The quantitative estimate of drug-likeness (QED) is 0.285. The molecule has 1 fully saturated rings. The molecule has 6 rings (SSSR count). The highest BCUT2D eigenvalue weighted by Gasteiger charge is 2.32. The molecule has 5 aromatic rings. The maximum absolute atomic E-state index is 13.4. The Morgan fingerprint density at radius 2 is 1.56 bits per heavy atom. The number of anilines is 2. The second kappa shape index (κ2) is 10.7. The first kappa shape index (κ1) is 28.2. The van der Waals surface area contributed by atoms with Crippen molar-refractivity contribution in [3.8, 4) is 11.1 Å². The van der Waals surface area contributed by atoms with E-state index in [2.05, 4.69) is 34.9 Å². The molecule has 0 unspecified atom stereocenters. The zero-order valence-electron chi connectivity index (χ0n) is 24.5. The summed E-state index contributed by atoms with van der Waals surface area (Å²) in [7, 11) is 1.37. The number of fused-ring (bicyclic) bond motifs is 1. The van der Waals surface area contributed by atoms with Crippen LogP contribution in [0.4, 0.5) is 16.2 Å². The number of hydrogen-bond acceptors (Lipinski definition) is 10. The van der Waals surface area contributed by atoms with Crippen molar-refractivity contribution in [1.82, 2.24) is 34.3 Å². The summed E-state index contributed by atoms with van der Waals surface area (Å²) < 4.78 is 21.7. The number of nitrogens with two attached hydrogens (primary N) is 1. The zero-order valence-corrected chi connectivity index (χ0v) is 24.5. The molecule has 5 heterocycles. The smallest absolute Gasteiger partial charge is 0.333 e. The molecule has 12 nitrogen and oxygen atoms in total. The number of benzene rings is 1. The number of piperazine rings is 1. The fourth-order valence-electron chi connectivity index (χ4n) is 5.27. The number of carbonyl (C=O) groups excluding carboxylic acids is 1. The molecule has 0 radical (unpaired) electrons. The summed E-state index contributed by atoms with van der Waals surface area (Å²) in [4.78, 5) is 30.4. The van der Waals surface area contributed by atoms with Crippen molar-refractivity contribution in [3.63, 3.8) is 0 Å². The average molecular weight is 585 g/mol. The summed E-state index contributed by atoms with van der Waals surface area (Å²) >= 11 is 0. The topological polar surface area (TPSA) is 133 Å². The van der Waals surface area contributed by atoms with E-state index in [1.54, 1.807) is 60.1 Å². The summed E-state index contributed by atoms with van der Waals surface area (Å²) in [5.74, 6) is 0.778. The fraction of sp³-hybridized carbons (Fsp3) is 0.333. The first-order chi connectivity index (χ1) is 20.6. The van der Waals surface area contributed by atoms with Gasteiger partial charge in [-0.3, -0.25) is 4.68 Å². The van der Waals surface area contributed by atoms with E-state index >= 15 is 0 Å². The van der Waals surface area contributed by atoms with E-state index in [9.17, 15) is 9.18 Å². The van der Waals surface area contributed by atoms with E-state index < -0.39 is 11.1 Å². The Labute approximate surface area is 247 Å². The molecule has 43 heavy (non-hydrogen) atoms.